The van der Waals surface area contributed by atoms with Gasteiger partial charge in [-0.1, -0.05) is 12.1 Å². The molecule has 2 amide bonds. The minimum absolute atomic E-state index is 0.0508. The number of nitrogens with zero attached hydrogens (tertiary/aromatic N) is 2. The van der Waals surface area contributed by atoms with E-state index in [-0.39, 0.29) is 17.1 Å². The highest BCUT2D eigenvalue weighted by atomic mass is 32.2. The molecule has 2 aromatic rings. The van der Waals surface area contributed by atoms with E-state index in [9.17, 15) is 9.59 Å². The third-order valence-corrected chi connectivity index (χ3v) is 8.02. The molecule has 0 unspecified atom stereocenters. The maximum atomic E-state index is 14.3. The van der Waals surface area contributed by atoms with E-state index in [4.69, 9.17) is 4.74 Å². The van der Waals surface area contributed by atoms with Crippen molar-refractivity contribution in [3.8, 4) is 5.75 Å². The van der Waals surface area contributed by atoms with Crippen molar-refractivity contribution >= 4 is 40.5 Å². The number of amides is 2. The molecule has 5 rings (SSSR count). The van der Waals surface area contributed by atoms with Gasteiger partial charge >= 0.3 is 0 Å². The van der Waals surface area contributed by atoms with Gasteiger partial charge in [-0.25, -0.2) is 0 Å². The van der Waals surface area contributed by atoms with Gasteiger partial charge in [-0.05, 0) is 83.0 Å². The maximum Gasteiger partial charge on any atom is 0.269 e. The van der Waals surface area contributed by atoms with Crippen molar-refractivity contribution in [3.05, 3.63) is 59.2 Å². The summed E-state index contributed by atoms with van der Waals surface area (Å²) in [5.74, 6) is 0.643. The number of thioether (sulfide) groups is 1. The number of allylic oxidation sites excluding steroid dienone is 1. The van der Waals surface area contributed by atoms with E-state index in [1.807, 2.05) is 43.0 Å². The Morgan fingerprint density at radius 1 is 1.06 bits per heavy atom. The van der Waals surface area contributed by atoms with Crippen LogP contribution in [0, 0.1) is 6.92 Å². The smallest absolute Gasteiger partial charge is 0.269 e. The normalized spacial score (nSPS) is 25.4. The van der Waals surface area contributed by atoms with Gasteiger partial charge in [0.05, 0.1) is 23.1 Å². The van der Waals surface area contributed by atoms with Crippen LogP contribution in [0.25, 0.3) is 5.57 Å². The Morgan fingerprint density at radius 3 is 2.41 bits per heavy atom. The van der Waals surface area contributed by atoms with Gasteiger partial charge in [0.25, 0.3) is 5.91 Å². The van der Waals surface area contributed by atoms with Crippen molar-refractivity contribution in [3.63, 3.8) is 0 Å². The Hall–Kier alpha value is -2.73. The van der Waals surface area contributed by atoms with Gasteiger partial charge in [0, 0.05) is 16.8 Å². The molecule has 0 radical (unpaired) electrons. The van der Waals surface area contributed by atoms with Crippen LogP contribution in [-0.4, -0.2) is 29.2 Å². The standard InChI is InChI=1S/C26H28N2O3S/c1-7-31-19-10-8-18(9-11-19)27-23(29)17(4)32-26(27)21-13-15(2)12-20-16(3)14-25(5,6)28(22(20)21)24(26)30/h8-14,17H,7H2,1-6H3/t17-,26-/m1/s1. The summed E-state index contributed by atoms with van der Waals surface area (Å²) in [6.45, 7) is 12.7. The number of carbonyl (C=O) groups excluding carboxylic acids is 2. The third kappa shape index (κ3) is 2.65. The first-order valence-electron chi connectivity index (χ1n) is 11.1. The second-order valence-electron chi connectivity index (χ2n) is 9.33. The van der Waals surface area contributed by atoms with Gasteiger partial charge in [0.15, 0.2) is 0 Å². The zero-order valence-electron chi connectivity index (χ0n) is 19.4. The van der Waals surface area contributed by atoms with E-state index in [0.29, 0.717) is 12.3 Å². The second-order valence-corrected chi connectivity index (χ2v) is 10.9. The van der Waals surface area contributed by atoms with Crippen LogP contribution in [0.1, 0.15) is 51.3 Å². The second kappa shape index (κ2) is 6.88. The molecular formula is C26H28N2O3S. The van der Waals surface area contributed by atoms with Crippen molar-refractivity contribution in [1.82, 2.24) is 0 Å². The fourth-order valence-corrected chi connectivity index (χ4v) is 6.86. The monoisotopic (exact) mass is 448 g/mol. The molecule has 1 spiro atoms. The van der Waals surface area contributed by atoms with Crippen molar-refractivity contribution in [1.29, 1.82) is 0 Å². The average molecular weight is 449 g/mol. The molecule has 2 atom stereocenters. The zero-order chi connectivity index (χ0) is 23.0. The van der Waals surface area contributed by atoms with E-state index in [1.165, 1.54) is 11.8 Å². The Morgan fingerprint density at radius 2 is 1.75 bits per heavy atom. The maximum absolute atomic E-state index is 14.3. The summed E-state index contributed by atoms with van der Waals surface area (Å²) in [6.07, 6.45) is 2.15. The summed E-state index contributed by atoms with van der Waals surface area (Å²) >= 11 is 1.45. The van der Waals surface area contributed by atoms with Crippen LogP contribution >= 0.6 is 11.8 Å². The number of rotatable bonds is 3. The summed E-state index contributed by atoms with van der Waals surface area (Å²) in [6, 6.07) is 11.7. The summed E-state index contributed by atoms with van der Waals surface area (Å²) in [5, 5.41) is -0.333. The molecule has 0 aliphatic carbocycles. The van der Waals surface area contributed by atoms with E-state index in [2.05, 4.69) is 45.9 Å². The van der Waals surface area contributed by atoms with Gasteiger partial charge in [0.2, 0.25) is 10.8 Å². The summed E-state index contributed by atoms with van der Waals surface area (Å²) < 4.78 is 5.59. The van der Waals surface area contributed by atoms with Crippen LogP contribution in [0.5, 0.6) is 5.75 Å². The van der Waals surface area contributed by atoms with E-state index < -0.39 is 10.4 Å². The van der Waals surface area contributed by atoms with Crippen LogP contribution < -0.4 is 14.5 Å². The zero-order valence-corrected chi connectivity index (χ0v) is 20.2. The van der Waals surface area contributed by atoms with Gasteiger partial charge in [0.1, 0.15) is 5.75 Å². The lowest BCUT2D eigenvalue weighted by Gasteiger charge is -2.40. The Labute approximate surface area is 193 Å². The Bertz CT molecular complexity index is 1180. The highest BCUT2D eigenvalue weighted by Gasteiger charge is 2.65. The lowest BCUT2D eigenvalue weighted by molar-refractivity contribution is -0.124. The minimum Gasteiger partial charge on any atom is -0.494 e. The van der Waals surface area contributed by atoms with Gasteiger partial charge in [-0.2, -0.15) is 0 Å². The number of fused-ring (bicyclic) bond motifs is 1. The number of ether oxygens (including phenoxy) is 1. The molecule has 6 heteroatoms. The predicted molar refractivity (Wildman–Crippen MR) is 130 cm³/mol. The summed E-state index contributed by atoms with van der Waals surface area (Å²) in [4.78, 5) is 30.4. The first-order valence-corrected chi connectivity index (χ1v) is 11.9. The SMILES string of the molecule is CCOc1ccc(N2C(=O)[C@@H](C)S[C@]23C(=O)N2c4c(cc(C)cc43)C(C)=CC2(C)C)cc1. The minimum atomic E-state index is -1.12. The van der Waals surface area contributed by atoms with Gasteiger partial charge in [-0.3, -0.25) is 19.4 Å². The molecule has 0 aromatic heterocycles. The molecule has 3 aliphatic rings. The number of aryl methyl sites for hydroxylation is 1. The highest BCUT2D eigenvalue weighted by Crippen LogP contribution is 2.61. The Balaban J connectivity index is 1.77. The summed E-state index contributed by atoms with van der Waals surface area (Å²) in [7, 11) is 0. The van der Waals surface area contributed by atoms with Crippen LogP contribution in [0.2, 0.25) is 0 Å². The van der Waals surface area contributed by atoms with Gasteiger partial charge < -0.3 is 4.74 Å². The number of hydrogen-bond donors (Lipinski definition) is 0. The lowest BCUT2D eigenvalue weighted by atomic mass is 9.88. The number of carbonyl (C=O) groups is 2. The van der Waals surface area contributed by atoms with Crippen molar-refractivity contribution in [2.45, 2.75) is 57.2 Å². The first kappa shape index (κ1) is 21.1. The molecular weight excluding hydrogens is 420 g/mol. The molecule has 0 N–H and O–H groups in total. The van der Waals surface area contributed by atoms with Crippen LogP contribution in [-0.2, 0) is 14.5 Å². The van der Waals surface area contributed by atoms with Crippen molar-refractivity contribution in [2.24, 2.45) is 0 Å². The molecule has 3 aliphatic heterocycles. The molecule has 1 saturated heterocycles. The van der Waals surface area contributed by atoms with E-state index in [1.54, 1.807) is 4.90 Å². The Kier molecular flexibility index (Phi) is 4.55. The van der Waals surface area contributed by atoms with Crippen LogP contribution in [0.3, 0.4) is 0 Å². The average Bonchev–Trinajstić information content (AvgIpc) is 3.13. The lowest BCUT2D eigenvalue weighted by Crippen LogP contribution is -2.55. The van der Waals surface area contributed by atoms with Crippen molar-refractivity contribution < 1.29 is 14.3 Å². The largest absolute Gasteiger partial charge is 0.494 e. The molecule has 2 aromatic carbocycles. The topological polar surface area (TPSA) is 49.9 Å². The molecule has 166 valence electrons. The predicted octanol–water partition coefficient (Wildman–Crippen LogP) is 5.26. The molecule has 1 fully saturated rings. The molecule has 0 bridgehead atoms. The molecule has 0 saturated carbocycles. The quantitative estimate of drug-likeness (QED) is 0.643. The number of anilines is 2. The van der Waals surface area contributed by atoms with E-state index in [0.717, 1.165) is 33.7 Å². The number of benzene rings is 2. The van der Waals surface area contributed by atoms with Crippen molar-refractivity contribution in [2.75, 3.05) is 16.4 Å². The first-order chi connectivity index (χ1) is 15.1. The summed E-state index contributed by atoms with van der Waals surface area (Å²) in [5.41, 5.74) is 5.39. The number of hydrogen-bond acceptors (Lipinski definition) is 4. The molecule has 5 nitrogen and oxygen atoms in total. The third-order valence-electron chi connectivity index (χ3n) is 6.54. The van der Waals surface area contributed by atoms with Crippen LogP contribution in [0.15, 0.2) is 42.5 Å². The molecule has 32 heavy (non-hydrogen) atoms. The fraction of sp³-hybridized carbons (Fsp3) is 0.385. The van der Waals surface area contributed by atoms with Gasteiger partial charge in [-0.15, -0.1) is 11.8 Å². The van der Waals surface area contributed by atoms with E-state index >= 15 is 0 Å². The van der Waals surface area contributed by atoms with Crippen LogP contribution in [0.4, 0.5) is 11.4 Å². The highest BCUT2D eigenvalue weighted by molar-refractivity contribution is 8.03. The molecule has 3 heterocycles. The fourth-order valence-electron chi connectivity index (χ4n) is 5.36.